The number of hydrogen-bond donors (Lipinski definition) is 2. The summed E-state index contributed by atoms with van der Waals surface area (Å²) in [6.45, 7) is 1.77. The van der Waals surface area contributed by atoms with Crippen molar-refractivity contribution in [1.82, 2.24) is 4.31 Å². The molecule has 160 valence electrons. The highest BCUT2D eigenvalue weighted by Gasteiger charge is 2.34. The van der Waals surface area contributed by atoms with Gasteiger partial charge in [0.2, 0.25) is 21.8 Å². The summed E-state index contributed by atoms with van der Waals surface area (Å²) in [6.07, 6.45) is 1.13. The van der Waals surface area contributed by atoms with E-state index in [0.717, 1.165) is 0 Å². The summed E-state index contributed by atoms with van der Waals surface area (Å²) in [4.78, 5) is 23.7. The van der Waals surface area contributed by atoms with Crippen molar-refractivity contribution < 1.29 is 18.0 Å². The number of benzene rings is 2. The van der Waals surface area contributed by atoms with Crippen LogP contribution in [-0.4, -0.2) is 37.6 Å². The van der Waals surface area contributed by atoms with Crippen molar-refractivity contribution >= 4 is 56.4 Å². The van der Waals surface area contributed by atoms with E-state index in [1.807, 2.05) is 0 Å². The van der Waals surface area contributed by atoms with Crippen LogP contribution in [0.25, 0.3) is 0 Å². The Morgan fingerprint density at radius 1 is 1.03 bits per heavy atom. The fourth-order valence-electron chi connectivity index (χ4n) is 3.27. The van der Waals surface area contributed by atoms with Crippen LogP contribution in [0.1, 0.15) is 19.8 Å². The van der Waals surface area contributed by atoms with E-state index >= 15 is 0 Å². The maximum absolute atomic E-state index is 13.0. The molecule has 2 N–H and O–H groups in total. The van der Waals surface area contributed by atoms with Gasteiger partial charge in [0.15, 0.2) is 0 Å². The molecule has 1 saturated heterocycles. The van der Waals surface area contributed by atoms with Crippen molar-refractivity contribution in [1.29, 1.82) is 0 Å². The minimum atomic E-state index is -3.87. The average Bonchev–Trinajstić information content (AvgIpc) is 2.71. The highest BCUT2D eigenvalue weighted by atomic mass is 35.5. The van der Waals surface area contributed by atoms with Crippen molar-refractivity contribution in [2.45, 2.75) is 24.7 Å². The number of nitrogens with one attached hydrogen (secondary N) is 2. The quantitative estimate of drug-likeness (QED) is 0.691. The monoisotopic (exact) mass is 469 g/mol. The van der Waals surface area contributed by atoms with Crippen LogP contribution >= 0.6 is 23.2 Å². The normalized spacial score (nSPS) is 17.4. The number of anilines is 2. The molecule has 0 aliphatic carbocycles. The third kappa shape index (κ3) is 5.31. The molecule has 10 heteroatoms. The van der Waals surface area contributed by atoms with Gasteiger partial charge in [0.05, 0.1) is 10.9 Å². The van der Waals surface area contributed by atoms with Crippen LogP contribution in [0, 0.1) is 5.92 Å². The fourth-order valence-corrected chi connectivity index (χ4v) is 5.53. The van der Waals surface area contributed by atoms with Crippen LogP contribution in [0.4, 0.5) is 11.4 Å². The average molecular weight is 470 g/mol. The van der Waals surface area contributed by atoms with Crippen LogP contribution in [0.15, 0.2) is 47.4 Å². The van der Waals surface area contributed by atoms with Gasteiger partial charge in [0.25, 0.3) is 0 Å². The molecule has 3 rings (SSSR count). The first kappa shape index (κ1) is 22.6. The summed E-state index contributed by atoms with van der Waals surface area (Å²) in [6, 6.07) is 11.0. The van der Waals surface area contributed by atoms with E-state index in [-0.39, 0.29) is 33.3 Å². The Hall–Kier alpha value is -2.13. The summed E-state index contributed by atoms with van der Waals surface area (Å²) in [5.74, 6) is -0.948. The van der Waals surface area contributed by atoms with E-state index in [1.54, 1.807) is 24.3 Å². The summed E-state index contributed by atoms with van der Waals surface area (Å²) in [7, 11) is -3.87. The van der Waals surface area contributed by atoms with Crippen LogP contribution in [0.3, 0.4) is 0 Å². The lowest BCUT2D eigenvalue weighted by Gasteiger charge is -2.31. The van der Waals surface area contributed by atoms with Gasteiger partial charge in [-0.15, -0.1) is 0 Å². The molecule has 7 nitrogen and oxygen atoms in total. The zero-order valence-corrected chi connectivity index (χ0v) is 18.5. The zero-order valence-electron chi connectivity index (χ0n) is 16.2. The Bertz CT molecular complexity index is 1060. The number of nitrogens with zero attached hydrogens (tertiary/aromatic N) is 1. The number of carbonyl (C=O) groups excluding carboxylic acids is 2. The van der Waals surface area contributed by atoms with Crippen molar-refractivity contribution in [2.24, 2.45) is 5.92 Å². The van der Waals surface area contributed by atoms with Gasteiger partial charge in [0, 0.05) is 36.4 Å². The Balaban J connectivity index is 1.70. The molecule has 0 unspecified atom stereocenters. The Labute approximate surface area is 185 Å². The molecule has 30 heavy (non-hydrogen) atoms. The third-order valence-corrected chi connectivity index (χ3v) is 7.32. The number of piperidine rings is 1. The molecule has 2 aromatic carbocycles. The van der Waals surface area contributed by atoms with Crippen molar-refractivity contribution in [3.05, 3.63) is 52.5 Å². The number of halogens is 2. The topological polar surface area (TPSA) is 95.6 Å². The number of amides is 2. The van der Waals surface area contributed by atoms with Gasteiger partial charge in [0.1, 0.15) is 4.90 Å². The smallest absolute Gasteiger partial charge is 0.244 e. The van der Waals surface area contributed by atoms with E-state index in [2.05, 4.69) is 10.6 Å². The molecule has 0 aromatic heterocycles. The third-order valence-electron chi connectivity index (χ3n) is 4.74. The van der Waals surface area contributed by atoms with E-state index in [1.165, 1.54) is 29.4 Å². The van der Waals surface area contributed by atoms with Crippen molar-refractivity contribution in [3.63, 3.8) is 0 Å². The van der Waals surface area contributed by atoms with E-state index in [4.69, 9.17) is 23.2 Å². The van der Waals surface area contributed by atoms with Gasteiger partial charge in [-0.1, -0.05) is 23.2 Å². The van der Waals surface area contributed by atoms with Crippen molar-refractivity contribution in [2.75, 3.05) is 23.7 Å². The number of hydrogen-bond acceptors (Lipinski definition) is 4. The molecule has 0 bridgehead atoms. The van der Waals surface area contributed by atoms with E-state index in [0.29, 0.717) is 30.8 Å². The van der Waals surface area contributed by atoms with Gasteiger partial charge in [-0.25, -0.2) is 8.42 Å². The molecule has 1 aliphatic rings. The van der Waals surface area contributed by atoms with Gasteiger partial charge >= 0.3 is 0 Å². The standard InChI is InChI=1S/C20H21Cl2N3O4S/c1-13(26)23-16-5-7-17(8-6-16)24-20(27)14-3-2-10-25(12-14)30(28,29)19-11-15(21)4-9-18(19)22/h4-9,11,14H,2-3,10,12H2,1H3,(H,23,26)(H,24,27)/t14-/m1/s1. The Morgan fingerprint density at radius 3 is 2.30 bits per heavy atom. The second-order valence-corrected chi connectivity index (χ2v) is 9.77. The maximum atomic E-state index is 13.0. The molecule has 1 atom stereocenters. The Morgan fingerprint density at radius 2 is 1.67 bits per heavy atom. The summed E-state index contributed by atoms with van der Waals surface area (Å²) >= 11 is 12.0. The van der Waals surface area contributed by atoms with E-state index < -0.39 is 15.9 Å². The van der Waals surface area contributed by atoms with Gasteiger partial charge in [-0.2, -0.15) is 4.31 Å². The molecule has 1 fully saturated rings. The van der Waals surface area contributed by atoms with Crippen molar-refractivity contribution in [3.8, 4) is 0 Å². The molecule has 2 amide bonds. The summed E-state index contributed by atoms with van der Waals surface area (Å²) in [5.41, 5.74) is 1.18. The molecular weight excluding hydrogens is 449 g/mol. The van der Waals surface area contributed by atoms with Gasteiger partial charge in [-0.05, 0) is 55.3 Å². The number of sulfonamides is 1. The highest BCUT2D eigenvalue weighted by molar-refractivity contribution is 7.89. The molecule has 1 aliphatic heterocycles. The molecule has 2 aromatic rings. The highest BCUT2D eigenvalue weighted by Crippen LogP contribution is 2.30. The molecule has 0 spiro atoms. The fraction of sp³-hybridized carbons (Fsp3) is 0.300. The predicted molar refractivity (Wildman–Crippen MR) is 117 cm³/mol. The van der Waals surface area contributed by atoms with Gasteiger partial charge < -0.3 is 10.6 Å². The zero-order chi connectivity index (χ0) is 21.9. The minimum Gasteiger partial charge on any atom is -0.326 e. The molecule has 1 heterocycles. The predicted octanol–water partition coefficient (Wildman–Crippen LogP) is 3.99. The largest absolute Gasteiger partial charge is 0.326 e. The first-order chi connectivity index (χ1) is 14.2. The van der Waals surface area contributed by atoms with Crippen LogP contribution in [0.5, 0.6) is 0 Å². The van der Waals surface area contributed by atoms with Crippen LogP contribution < -0.4 is 10.6 Å². The summed E-state index contributed by atoms with van der Waals surface area (Å²) < 4.78 is 27.3. The first-order valence-electron chi connectivity index (χ1n) is 9.30. The number of carbonyl (C=O) groups is 2. The minimum absolute atomic E-state index is 0.0565. The van der Waals surface area contributed by atoms with E-state index in [9.17, 15) is 18.0 Å². The maximum Gasteiger partial charge on any atom is 0.244 e. The lowest BCUT2D eigenvalue weighted by atomic mass is 9.98. The molecule has 0 radical (unpaired) electrons. The van der Waals surface area contributed by atoms with Gasteiger partial charge in [-0.3, -0.25) is 9.59 Å². The summed E-state index contributed by atoms with van der Waals surface area (Å²) in [5, 5.41) is 5.81. The lowest BCUT2D eigenvalue weighted by molar-refractivity contribution is -0.121. The lowest BCUT2D eigenvalue weighted by Crippen LogP contribution is -2.43. The SMILES string of the molecule is CC(=O)Nc1ccc(NC(=O)[C@@H]2CCCN(S(=O)(=O)c3cc(Cl)ccc3Cl)C2)cc1. The molecular formula is C20H21Cl2N3O4S. The Kier molecular flexibility index (Phi) is 7.02. The first-order valence-corrected chi connectivity index (χ1v) is 11.5. The molecule has 0 saturated carbocycles. The second kappa shape index (κ2) is 9.34. The van der Waals surface area contributed by atoms with Crippen LogP contribution in [0.2, 0.25) is 10.0 Å². The second-order valence-electron chi connectivity index (χ2n) is 7.02. The van der Waals surface area contributed by atoms with Crippen LogP contribution in [-0.2, 0) is 19.6 Å². The number of rotatable bonds is 5.